The number of carbonyl (C=O) groups is 1. The van der Waals surface area contributed by atoms with Crippen LogP contribution in [0.25, 0.3) is 10.8 Å². The van der Waals surface area contributed by atoms with E-state index >= 15 is 0 Å². The zero-order valence-corrected chi connectivity index (χ0v) is 21.9. The van der Waals surface area contributed by atoms with E-state index in [4.69, 9.17) is 0 Å². The van der Waals surface area contributed by atoms with Crippen molar-refractivity contribution >= 4 is 70.5 Å². The van der Waals surface area contributed by atoms with Crippen molar-refractivity contribution < 1.29 is 18.3 Å². The predicted molar refractivity (Wildman–Crippen MR) is 142 cm³/mol. The van der Waals surface area contributed by atoms with Gasteiger partial charge in [0.05, 0.1) is 27.8 Å². The largest absolute Gasteiger partial charge is 0.506 e. The Morgan fingerprint density at radius 2 is 1.74 bits per heavy atom. The summed E-state index contributed by atoms with van der Waals surface area (Å²) < 4.78 is 29.0. The average Bonchev–Trinajstić information content (AvgIpc) is 3.05. The van der Waals surface area contributed by atoms with Crippen LogP contribution >= 0.6 is 31.9 Å². The van der Waals surface area contributed by atoms with Crippen LogP contribution in [0.1, 0.15) is 21.5 Å². The van der Waals surface area contributed by atoms with Gasteiger partial charge in [-0.15, -0.1) is 0 Å². The SMILES string of the molecule is O=C(N/N=C/c1cc(Br)cc(Br)c1O)c1ccc(CN2c3cccc4cccc(c34)S2(=O)=O)cc1. The van der Waals surface area contributed by atoms with Crippen LogP contribution in [0.4, 0.5) is 5.69 Å². The van der Waals surface area contributed by atoms with Gasteiger partial charge in [-0.1, -0.05) is 52.3 Å². The maximum Gasteiger partial charge on any atom is 0.271 e. The van der Waals surface area contributed by atoms with Crippen molar-refractivity contribution in [1.29, 1.82) is 0 Å². The fourth-order valence-electron chi connectivity index (χ4n) is 3.97. The lowest BCUT2D eigenvalue weighted by Crippen LogP contribution is -2.26. The van der Waals surface area contributed by atoms with Crippen molar-refractivity contribution in [2.24, 2.45) is 5.10 Å². The Balaban J connectivity index is 1.31. The number of rotatable bonds is 5. The number of carbonyl (C=O) groups excluding carboxylic acids is 1. The highest BCUT2D eigenvalue weighted by atomic mass is 79.9. The molecule has 1 aliphatic rings. The first-order valence-electron chi connectivity index (χ1n) is 10.4. The van der Waals surface area contributed by atoms with Gasteiger partial charge in [-0.2, -0.15) is 5.10 Å². The molecular formula is C25H17Br2N3O4S. The molecule has 0 saturated heterocycles. The Labute approximate surface area is 218 Å². The van der Waals surface area contributed by atoms with Gasteiger partial charge in [0, 0.05) is 21.0 Å². The molecule has 0 aromatic heterocycles. The summed E-state index contributed by atoms with van der Waals surface area (Å²) in [5.74, 6) is -0.433. The lowest BCUT2D eigenvalue weighted by molar-refractivity contribution is 0.0955. The number of nitrogens with zero attached hydrogens (tertiary/aromatic N) is 2. The first-order chi connectivity index (χ1) is 16.8. The summed E-state index contributed by atoms with van der Waals surface area (Å²) in [6.45, 7) is 0.146. The Bertz CT molecular complexity index is 1620. The molecule has 0 unspecified atom stereocenters. The minimum absolute atomic E-state index is 0.00487. The van der Waals surface area contributed by atoms with Crippen molar-refractivity contribution in [3.63, 3.8) is 0 Å². The van der Waals surface area contributed by atoms with Crippen LogP contribution in [0.5, 0.6) is 5.75 Å². The van der Waals surface area contributed by atoms with Gasteiger partial charge in [0.2, 0.25) is 0 Å². The van der Waals surface area contributed by atoms with Crippen LogP contribution in [0.15, 0.2) is 91.7 Å². The van der Waals surface area contributed by atoms with Gasteiger partial charge in [0.25, 0.3) is 15.9 Å². The lowest BCUT2D eigenvalue weighted by Gasteiger charge is -2.19. The van der Waals surface area contributed by atoms with E-state index in [1.165, 1.54) is 10.5 Å². The van der Waals surface area contributed by atoms with E-state index < -0.39 is 15.9 Å². The van der Waals surface area contributed by atoms with E-state index in [1.807, 2.05) is 18.2 Å². The maximum absolute atomic E-state index is 13.2. The molecular weight excluding hydrogens is 598 g/mol. The van der Waals surface area contributed by atoms with Gasteiger partial charge in [0.15, 0.2) is 0 Å². The number of hydrogen-bond acceptors (Lipinski definition) is 5. The molecule has 0 radical (unpaired) electrons. The van der Waals surface area contributed by atoms with Crippen molar-refractivity contribution in [2.75, 3.05) is 4.31 Å². The van der Waals surface area contributed by atoms with E-state index in [2.05, 4.69) is 42.4 Å². The van der Waals surface area contributed by atoms with Gasteiger partial charge in [-0.25, -0.2) is 13.8 Å². The number of benzene rings is 4. The Kier molecular flexibility index (Phi) is 6.12. The number of hydrogen-bond donors (Lipinski definition) is 2. The summed E-state index contributed by atoms with van der Waals surface area (Å²) in [7, 11) is -3.66. The van der Waals surface area contributed by atoms with E-state index in [9.17, 15) is 18.3 Å². The number of amides is 1. The standard InChI is InChI=1S/C25H17Br2N3O4S/c26-19-11-18(24(31)20(27)12-19)13-28-29-25(32)17-9-7-15(8-10-17)14-30-21-5-1-3-16-4-2-6-22(23(16)21)35(30,33)34/h1-13,31H,14H2,(H,29,32)/b28-13+. The normalized spacial score (nSPS) is 14.1. The maximum atomic E-state index is 13.2. The van der Waals surface area contributed by atoms with Crippen LogP contribution in [0.2, 0.25) is 0 Å². The number of anilines is 1. The lowest BCUT2D eigenvalue weighted by atomic mass is 10.1. The molecule has 176 valence electrons. The average molecular weight is 615 g/mol. The van der Waals surface area contributed by atoms with E-state index in [0.29, 0.717) is 26.2 Å². The second-order valence-corrected chi connectivity index (χ2v) is 11.5. The van der Waals surface area contributed by atoms with Crippen molar-refractivity contribution in [3.8, 4) is 5.75 Å². The second kappa shape index (κ2) is 9.10. The van der Waals surface area contributed by atoms with E-state index in [0.717, 1.165) is 20.8 Å². The number of sulfonamides is 1. The third kappa shape index (κ3) is 4.33. The molecule has 2 N–H and O–H groups in total. The number of phenols is 1. The number of hydrazone groups is 1. The van der Waals surface area contributed by atoms with Crippen LogP contribution in [-0.2, 0) is 16.6 Å². The van der Waals surface area contributed by atoms with Crippen molar-refractivity contribution in [3.05, 3.63) is 98.4 Å². The third-order valence-corrected chi connectivity index (χ3v) is 8.52. The molecule has 35 heavy (non-hydrogen) atoms. The summed E-state index contributed by atoms with van der Waals surface area (Å²) in [5.41, 5.74) is 4.60. The Hall–Kier alpha value is -3.21. The fourth-order valence-corrected chi connectivity index (χ4v) is 6.92. The molecule has 7 nitrogen and oxygen atoms in total. The first-order valence-corrected chi connectivity index (χ1v) is 13.4. The minimum atomic E-state index is -3.66. The molecule has 0 bridgehead atoms. The molecule has 10 heteroatoms. The summed E-state index contributed by atoms with van der Waals surface area (Å²) in [6, 6.07) is 20.8. The number of nitrogens with one attached hydrogen (secondary N) is 1. The Morgan fingerprint density at radius 1 is 1.03 bits per heavy atom. The molecule has 0 fully saturated rings. The highest BCUT2D eigenvalue weighted by Crippen LogP contribution is 2.42. The molecule has 1 heterocycles. The van der Waals surface area contributed by atoms with E-state index in [1.54, 1.807) is 54.6 Å². The van der Waals surface area contributed by atoms with Crippen molar-refractivity contribution in [2.45, 2.75) is 11.4 Å². The van der Waals surface area contributed by atoms with Crippen LogP contribution < -0.4 is 9.73 Å². The molecule has 0 saturated carbocycles. The smallest absolute Gasteiger partial charge is 0.271 e. The highest BCUT2D eigenvalue weighted by molar-refractivity contribution is 9.11. The number of phenolic OH excluding ortho intramolecular Hbond substituents is 1. The first kappa shape index (κ1) is 23.5. The molecule has 0 aliphatic carbocycles. The van der Waals surface area contributed by atoms with Gasteiger partial charge < -0.3 is 5.11 Å². The molecule has 1 amide bonds. The minimum Gasteiger partial charge on any atom is -0.506 e. The quantitative estimate of drug-likeness (QED) is 0.228. The summed E-state index contributed by atoms with van der Waals surface area (Å²) >= 11 is 6.58. The summed E-state index contributed by atoms with van der Waals surface area (Å²) in [6.07, 6.45) is 1.34. The van der Waals surface area contributed by atoms with Crippen LogP contribution in [0.3, 0.4) is 0 Å². The van der Waals surface area contributed by atoms with Crippen molar-refractivity contribution in [1.82, 2.24) is 5.43 Å². The molecule has 1 aliphatic heterocycles. The highest BCUT2D eigenvalue weighted by Gasteiger charge is 2.35. The van der Waals surface area contributed by atoms with Crippen LogP contribution in [-0.4, -0.2) is 25.6 Å². The van der Waals surface area contributed by atoms with Gasteiger partial charge in [-0.05, 0) is 63.3 Å². The zero-order chi connectivity index (χ0) is 24.7. The zero-order valence-electron chi connectivity index (χ0n) is 17.9. The van der Waals surface area contributed by atoms with E-state index in [-0.39, 0.29) is 12.3 Å². The molecule has 5 rings (SSSR count). The van der Waals surface area contributed by atoms with Gasteiger partial charge in [0.1, 0.15) is 5.75 Å². The summed E-state index contributed by atoms with van der Waals surface area (Å²) in [5, 5.41) is 15.6. The predicted octanol–water partition coefficient (Wildman–Crippen LogP) is 5.54. The molecule has 4 aromatic carbocycles. The molecule has 4 aromatic rings. The monoisotopic (exact) mass is 613 g/mol. The molecule has 0 spiro atoms. The van der Waals surface area contributed by atoms with Gasteiger partial charge >= 0.3 is 0 Å². The topological polar surface area (TPSA) is 99.1 Å². The second-order valence-electron chi connectivity index (χ2n) is 7.86. The van der Waals surface area contributed by atoms with Crippen LogP contribution in [0, 0.1) is 0 Å². The summed E-state index contributed by atoms with van der Waals surface area (Å²) in [4.78, 5) is 12.8. The van der Waals surface area contributed by atoms with Gasteiger partial charge in [-0.3, -0.25) is 9.10 Å². The Morgan fingerprint density at radius 3 is 2.49 bits per heavy atom. The fraction of sp³-hybridized carbons (Fsp3) is 0.0400. The molecule has 0 atom stereocenters. The third-order valence-electron chi connectivity index (χ3n) is 5.65. The number of aromatic hydroxyl groups is 1. The number of halogens is 2.